The highest BCUT2D eigenvalue weighted by atomic mass is 79.9. The van der Waals surface area contributed by atoms with E-state index in [9.17, 15) is 4.79 Å². The highest BCUT2D eigenvalue weighted by molar-refractivity contribution is 9.09. The quantitative estimate of drug-likeness (QED) is 0.693. The Kier molecular flexibility index (Phi) is 7.00. The second-order valence-electron chi connectivity index (χ2n) is 3.89. The molecule has 0 spiro atoms. The molecule has 1 rings (SSSR count). The summed E-state index contributed by atoms with van der Waals surface area (Å²) < 4.78 is 10.3. The van der Waals surface area contributed by atoms with E-state index >= 15 is 0 Å². The lowest BCUT2D eigenvalue weighted by molar-refractivity contribution is -0.138. The van der Waals surface area contributed by atoms with Crippen LogP contribution < -0.4 is 0 Å². The molecule has 1 fully saturated rings. The Balaban J connectivity index is 2.44. The Labute approximate surface area is 105 Å². The lowest BCUT2D eigenvalue weighted by atomic mass is 9.98. The van der Waals surface area contributed by atoms with E-state index in [0.29, 0.717) is 26.4 Å². The topological polar surface area (TPSA) is 38.8 Å². The van der Waals surface area contributed by atoms with E-state index in [1.807, 2.05) is 4.90 Å². The normalized spacial score (nSPS) is 17.4. The largest absolute Gasteiger partial charge is 0.383 e. The summed E-state index contributed by atoms with van der Waals surface area (Å²) in [7, 11) is 1.66. The fraction of sp³-hybridized carbons (Fsp3) is 0.909. The number of alkyl halides is 1. The summed E-state index contributed by atoms with van der Waals surface area (Å²) in [5.74, 6) is 0.393. The third-order valence-electron chi connectivity index (χ3n) is 2.80. The maximum absolute atomic E-state index is 12.2. The van der Waals surface area contributed by atoms with Crippen LogP contribution in [0.15, 0.2) is 0 Å². The summed E-state index contributed by atoms with van der Waals surface area (Å²) in [5, 5.41) is 0.811. The van der Waals surface area contributed by atoms with Crippen molar-refractivity contribution < 1.29 is 14.3 Å². The van der Waals surface area contributed by atoms with Crippen LogP contribution in [0.5, 0.6) is 0 Å². The maximum Gasteiger partial charge on any atom is 0.225 e. The summed E-state index contributed by atoms with van der Waals surface area (Å²) in [6, 6.07) is 0. The first-order valence-corrected chi connectivity index (χ1v) is 6.83. The van der Waals surface area contributed by atoms with E-state index in [1.165, 1.54) is 0 Å². The predicted molar refractivity (Wildman–Crippen MR) is 65.8 cm³/mol. The van der Waals surface area contributed by atoms with E-state index < -0.39 is 0 Å². The fourth-order valence-electron chi connectivity index (χ4n) is 1.84. The minimum atomic E-state index is 0.143. The first kappa shape index (κ1) is 13.9. The van der Waals surface area contributed by atoms with E-state index in [-0.39, 0.29) is 11.8 Å². The highest BCUT2D eigenvalue weighted by Crippen LogP contribution is 2.17. The number of hydrogen-bond acceptors (Lipinski definition) is 3. The van der Waals surface area contributed by atoms with Crippen LogP contribution in [0.1, 0.15) is 12.8 Å². The van der Waals surface area contributed by atoms with Crippen LogP contribution in [-0.4, -0.2) is 56.2 Å². The van der Waals surface area contributed by atoms with Gasteiger partial charge in [0.15, 0.2) is 0 Å². The molecule has 0 radical (unpaired) electrons. The number of amides is 1. The molecule has 1 saturated heterocycles. The zero-order valence-corrected chi connectivity index (χ0v) is 11.4. The Morgan fingerprint density at radius 1 is 1.44 bits per heavy atom. The van der Waals surface area contributed by atoms with Crippen molar-refractivity contribution in [2.75, 3.05) is 45.4 Å². The number of halogens is 1. The van der Waals surface area contributed by atoms with Crippen LogP contribution in [0.2, 0.25) is 0 Å². The van der Waals surface area contributed by atoms with E-state index in [4.69, 9.17) is 9.47 Å². The van der Waals surface area contributed by atoms with Gasteiger partial charge in [0.05, 0.1) is 6.61 Å². The standard InChI is InChI=1S/C11H20BrNO3/c1-15-9-6-13(5-4-12)11(14)10-2-7-16-8-3-10/h10H,2-9H2,1H3. The minimum absolute atomic E-state index is 0.143. The van der Waals surface area contributed by atoms with Gasteiger partial charge in [-0.3, -0.25) is 4.79 Å². The second kappa shape index (κ2) is 8.03. The minimum Gasteiger partial charge on any atom is -0.383 e. The molecule has 0 saturated carbocycles. The number of nitrogens with zero attached hydrogens (tertiary/aromatic N) is 1. The number of rotatable bonds is 6. The molecule has 1 aliphatic heterocycles. The number of methoxy groups -OCH3 is 1. The molecule has 5 heteroatoms. The highest BCUT2D eigenvalue weighted by Gasteiger charge is 2.25. The summed E-state index contributed by atoms with van der Waals surface area (Å²) in [6.07, 6.45) is 1.70. The zero-order chi connectivity index (χ0) is 11.8. The molecular formula is C11H20BrNO3. The fourth-order valence-corrected chi connectivity index (χ4v) is 2.27. The summed E-state index contributed by atoms with van der Waals surface area (Å²) in [6.45, 7) is 3.45. The van der Waals surface area contributed by atoms with Crippen molar-refractivity contribution in [2.45, 2.75) is 12.8 Å². The second-order valence-corrected chi connectivity index (χ2v) is 4.69. The average Bonchev–Trinajstić information content (AvgIpc) is 2.35. The van der Waals surface area contributed by atoms with E-state index in [2.05, 4.69) is 15.9 Å². The van der Waals surface area contributed by atoms with Crippen LogP contribution >= 0.6 is 15.9 Å². The van der Waals surface area contributed by atoms with Gasteiger partial charge in [0.1, 0.15) is 0 Å². The van der Waals surface area contributed by atoms with Crippen molar-refractivity contribution in [1.29, 1.82) is 0 Å². The molecule has 0 N–H and O–H groups in total. The predicted octanol–water partition coefficient (Wildman–Crippen LogP) is 1.28. The van der Waals surface area contributed by atoms with E-state index in [1.54, 1.807) is 7.11 Å². The number of carbonyl (C=O) groups excluding carboxylic acids is 1. The maximum atomic E-state index is 12.2. The molecule has 1 amide bonds. The molecule has 1 aliphatic rings. The molecular weight excluding hydrogens is 274 g/mol. The molecule has 0 unspecified atom stereocenters. The molecule has 0 atom stereocenters. The van der Waals surface area contributed by atoms with Gasteiger partial charge in [-0.2, -0.15) is 0 Å². The van der Waals surface area contributed by atoms with Crippen molar-refractivity contribution >= 4 is 21.8 Å². The molecule has 0 aromatic carbocycles. The number of carbonyl (C=O) groups is 1. The zero-order valence-electron chi connectivity index (χ0n) is 9.78. The lowest BCUT2D eigenvalue weighted by Crippen LogP contribution is -2.41. The molecule has 1 heterocycles. The third-order valence-corrected chi connectivity index (χ3v) is 3.16. The number of hydrogen-bond donors (Lipinski definition) is 0. The molecule has 94 valence electrons. The summed E-state index contributed by atoms with van der Waals surface area (Å²) in [4.78, 5) is 14.1. The number of ether oxygens (including phenoxy) is 2. The molecule has 0 aromatic heterocycles. The molecule has 0 aromatic rings. The van der Waals surface area contributed by atoms with Crippen molar-refractivity contribution in [2.24, 2.45) is 5.92 Å². The Morgan fingerprint density at radius 3 is 2.69 bits per heavy atom. The van der Waals surface area contributed by atoms with Gasteiger partial charge in [-0.15, -0.1) is 0 Å². The smallest absolute Gasteiger partial charge is 0.225 e. The van der Waals surface area contributed by atoms with Crippen molar-refractivity contribution in [3.8, 4) is 0 Å². The Hall–Kier alpha value is -0.130. The monoisotopic (exact) mass is 293 g/mol. The Morgan fingerprint density at radius 2 is 2.12 bits per heavy atom. The van der Waals surface area contributed by atoms with Crippen molar-refractivity contribution in [3.63, 3.8) is 0 Å². The van der Waals surface area contributed by atoms with Crippen molar-refractivity contribution in [3.05, 3.63) is 0 Å². The first-order valence-electron chi connectivity index (χ1n) is 5.71. The van der Waals surface area contributed by atoms with Gasteiger partial charge < -0.3 is 14.4 Å². The molecule has 4 nitrogen and oxygen atoms in total. The van der Waals surface area contributed by atoms with Gasteiger partial charge >= 0.3 is 0 Å². The van der Waals surface area contributed by atoms with Gasteiger partial charge in [-0.1, -0.05) is 15.9 Å². The average molecular weight is 294 g/mol. The lowest BCUT2D eigenvalue weighted by Gasteiger charge is -2.28. The molecule has 0 bridgehead atoms. The van der Waals surface area contributed by atoms with E-state index in [0.717, 1.165) is 24.7 Å². The van der Waals surface area contributed by atoms with Crippen LogP contribution in [0.4, 0.5) is 0 Å². The van der Waals surface area contributed by atoms with Crippen molar-refractivity contribution in [1.82, 2.24) is 4.90 Å². The van der Waals surface area contributed by atoms with Gasteiger partial charge in [0.2, 0.25) is 5.91 Å². The van der Waals surface area contributed by atoms with Crippen LogP contribution in [-0.2, 0) is 14.3 Å². The summed E-state index contributed by atoms with van der Waals surface area (Å²) >= 11 is 3.37. The van der Waals surface area contributed by atoms with Gasteiger partial charge in [-0.25, -0.2) is 0 Å². The summed E-state index contributed by atoms with van der Waals surface area (Å²) in [5.41, 5.74) is 0. The first-order chi connectivity index (χ1) is 7.79. The SMILES string of the molecule is COCCN(CCBr)C(=O)C1CCOCC1. The van der Waals surface area contributed by atoms with Gasteiger partial charge in [0.25, 0.3) is 0 Å². The van der Waals surface area contributed by atoms with Crippen LogP contribution in [0.25, 0.3) is 0 Å². The molecule has 16 heavy (non-hydrogen) atoms. The Bertz CT molecular complexity index is 207. The van der Waals surface area contributed by atoms with Crippen LogP contribution in [0.3, 0.4) is 0 Å². The third kappa shape index (κ3) is 4.39. The molecule has 0 aliphatic carbocycles. The van der Waals surface area contributed by atoms with Gasteiger partial charge in [-0.05, 0) is 12.8 Å². The van der Waals surface area contributed by atoms with Gasteiger partial charge in [0, 0.05) is 44.7 Å². The van der Waals surface area contributed by atoms with Crippen LogP contribution in [0, 0.1) is 5.92 Å².